The van der Waals surface area contributed by atoms with Crippen molar-refractivity contribution in [1.29, 1.82) is 0 Å². The summed E-state index contributed by atoms with van der Waals surface area (Å²) in [5.74, 6) is 0. The van der Waals surface area contributed by atoms with E-state index in [9.17, 15) is 0 Å². The van der Waals surface area contributed by atoms with Crippen molar-refractivity contribution in [3.05, 3.63) is 200 Å². The van der Waals surface area contributed by atoms with E-state index < -0.39 is 0 Å². The quantitative estimate of drug-likeness (QED) is 0.167. The zero-order valence-electron chi connectivity index (χ0n) is 27.0. The van der Waals surface area contributed by atoms with Crippen LogP contribution in [0.3, 0.4) is 0 Å². The lowest BCUT2D eigenvalue weighted by molar-refractivity contribution is 1.30. The van der Waals surface area contributed by atoms with Crippen LogP contribution in [-0.4, -0.2) is 0 Å². The van der Waals surface area contributed by atoms with Gasteiger partial charge in [0.2, 0.25) is 0 Å². The molecule has 0 heterocycles. The summed E-state index contributed by atoms with van der Waals surface area (Å²) < 4.78 is 0. The molecule has 0 aliphatic carbocycles. The Balaban J connectivity index is 1.18. The van der Waals surface area contributed by atoms with Crippen LogP contribution in [0.4, 0.5) is 17.1 Å². The molecule has 0 saturated carbocycles. The predicted octanol–water partition coefficient (Wildman–Crippen LogP) is 13.6. The van der Waals surface area contributed by atoms with Crippen LogP contribution in [0, 0.1) is 0 Å². The minimum atomic E-state index is 1.11. The maximum Gasteiger partial charge on any atom is 0.0546 e. The Labute approximate surface area is 287 Å². The Morgan fingerprint density at radius 3 is 1.63 bits per heavy atom. The van der Waals surface area contributed by atoms with Crippen molar-refractivity contribution in [1.82, 2.24) is 0 Å². The third-order valence-electron chi connectivity index (χ3n) is 9.62. The van der Waals surface area contributed by atoms with Gasteiger partial charge in [0.05, 0.1) is 5.69 Å². The predicted molar refractivity (Wildman–Crippen MR) is 210 cm³/mol. The van der Waals surface area contributed by atoms with E-state index in [1.165, 1.54) is 65.7 Å². The Morgan fingerprint density at radius 2 is 0.816 bits per heavy atom. The van der Waals surface area contributed by atoms with Crippen LogP contribution >= 0.6 is 0 Å². The molecule has 0 fully saturated rings. The van der Waals surface area contributed by atoms with Gasteiger partial charge in [-0.25, -0.2) is 0 Å². The van der Waals surface area contributed by atoms with E-state index in [0.717, 1.165) is 17.1 Å². The molecule has 0 aliphatic rings. The topological polar surface area (TPSA) is 3.24 Å². The highest BCUT2D eigenvalue weighted by Crippen LogP contribution is 2.43. The van der Waals surface area contributed by atoms with Gasteiger partial charge in [-0.05, 0) is 96.7 Å². The van der Waals surface area contributed by atoms with Gasteiger partial charge >= 0.3 is 0 Å². The number of hydrogen-bond donors (Lipinski definition) is 0. The molecule has 49 heavy (non-hydrogen) atoms. The Morgan fingerprint density at radius 1 is 0.265 bits per heavy atom. The van der Waals surface area contributed by atoms with Gasteiger partial charge in [0.25, 0.3) is 0 Å². The maximum absolute atomic E-state index is 2.41. The van der Waals surface area contributed by atoms with Crippen LogP contribution in [0.1, 0.15) is 0 Å². The Kier molecular flexibility index (Phi) is 7.22. The zero-order chi connectivity index (χ0) is 32.6. The highest BCUT2D eigenvalue weighted by Gasteiger charge is 2.18. The molecule has 0 saturated heterocycles. The SMILES string of the molecule is c1ccc(-c2cccc(N(c3ccc(-c4cccc(-c5cccc6ccccc56)c4)cc3)c3cc4ccccc4c4ccccc34)c2)cc1. The number of benzene rings is 9. The molecule has 0 atom stereocenters. The van der Waals surface area contributed by atoms with E-state index in [1.54, 1.807) is 0 Å². The minimum absolute atomic E-state index is 1.11. The number of fused-ring (bicyclic) bond motifs is 4. The van der Waals surface area contributed by atoms with Crippen molar-refractivity contribution in [2.24, 2.45) is 0 Å². The standard InChI is InChI=1S/C48H33N/c1-2-13-34(14-3-1)38-19-11-21-42(32-38)49(48-33-40-16-5-7-23-45(40)46-24-8-9-25-47(46)48)41-29-27-35(28-30-41)37-18-10-20-39(31-37)44-26-12-17-36-15-4-6-22-43(36)44/h1-33H. The van der Waals surface area contributed by atoms with E-state index in [4.69, 9.17) is 0 Å². The molecule has 0 aliphatic heterocycles. The largest absolute Gasteiger partial charge is 0.310 e. The molecule has 1 nitrogen and oxygen atoms in total. The lowest BCUT2D eigenvalue weighted by Crippen LogP contribution is -2.10. The van der Waals surface area contributed by atoms with Crippen LogP contribution in [0.5, 0.6) is 0 Å². The van der Waals surface area contributed by atoms with E-state index >= 15 is 0 Å². The molecule has 0 aromatic heterocycles. The molecule has 0 spiro atoms. The lowest BCUT2D eigenvalue weighted by atomic mass is 9.95. The number of hydrogen-bond acceptors (Lipinski definition) is 1. The summed E-state index contributed by atoms with van der Waals surface area (Å²) in [7, 11) is 0. The van der Waals surface area contributed by atoms with Crippen molar-refractivity contribution < 1.29 is 0 Å². The maximum atomic E-state index is 2.41. The summed E-state index contributed by atoms with van der Waals surface area (Å²) in [5, 5.41) is 7.49. The first-order chi connectivity index (χ1) is 24.3. The van der Waals surface area contributed by atoms with E-state index in [2.05, 4.69) is 205 Å². The summed E-state index contributed by atoms with van der Waals surface area (Å²) in [6, 6.07) is 72.5. The van der Waals surface area contributed by atoms with Gasteiger partial charge in [0, 0.05) is 16.8 Å². The first kappa shape index (κ1) is 28.8. The van der Waals surface area contributed by atoms with Crippen LogP contribution in [-0.2, 0) is 0 Å². The number of anilines is 3. The fraction of sp³-hybridized carbons (Fsp3) is 0. The molecule has 0 N–H and O–H groups in total. The lowest BCUT2D eigenvalue weighted by Gasteiger charge is -2.28. The van der Waals surface area contributed by atoms with Crippen LogP contribution < -0.4 is 4.90 Å². The molecule has 1 heteroatoms. The summed E-state index contributed by atoms with van der Waals surface area (Å²) in [4.78, 5) is 2.41. The van der Waals surface area contributed by atoms with Gasteiger partial charge in [-0.15, -0.1) is 0 Å². The van der Waals surface area contributed by atoms with Crippen molar-refractivity contribution >= 4 is 49.4 Å². The van der Waals surface area contributed by atoms with Gasteiger partial charge in [0.1, 0.15) is 0 Å². The molecular formula is C48H33N. The van der Waals surface area contributed by atoms with Crippen molar-refractivity contribution in [3.8, 4) is 33.4 Å². The summed E-state index contributed by atoms with van der Waals surface area (Å²) in [5.41, 5.74) is 10.6. The highest BCUT2D eigenvalue weighted by atomic mass is 15.1. The van der Waals surface area contributed by atoms with E-state index in [1.807, 2.05) is 0 Å². The van der Waals surface area contributed by atoms with Crippen molar-refractivity contribution in [2.75, 3.05) is 4.90 Å². The Bertz CT molecular complexity index is 2590. The second kappa shape index (κ2) is 12.3. The molecule has 9 aromatic rings. The zero-order valence-corrected chi connectivity index (χ0v) is 27.0. The van der Waals surface area contributed by atoms with Gasteiger partial charge < -0.3 is 4.90 Å². The number of rotatable bonds is 6. The monoisotopic (exact) mass is 623 g/mol. The molecular weight excluding hydrogens is 591 g/mol. The van der Waals surface area contributed by atoms with Crippen molar-refractivity contribution in [2.45, 2.75) is 0 Å². The smallest absolute Gasteiger partial charge is 0.0546 e. The van der Waals surface area contributed by atoms with Gasteiger partial charge in [0.15, 0.2) is 0 Å². The van der Waals surface area contributed by atoms with Crippen molar-refractivity contribution in [3.63, 3.8) is 0 Å². The third-order valence-corrected chi connectivity index (χ3v) is 9.62. The fourth-order valence-corrected chi connectivity index (χ4v) is 7.25. The van der Waals surface area contributed by atoms with E-state index in [-0.39, 0.29) is 0 Å². The van der Waals surface area contributed by atoms with Crippen LogP contribution in [0.15, 0.2) is 200 Å². The molecule has 0 amide bonds. The summed E-state index contributed by atoms with van der Waals surface area (Å²) in [6.45, 7) is 0. The average molecular weight is 624 g/mol. The van der Waals surface area contributed by atoms with Crippen LogP contribution in [0.25, 0.3) is 65.7 Å². The molecule has 0 bridgehead atoms. The van der Waals surface area contributed by atoms with Gasteiger partial charge in [-0.1, -0.05) is 164 Å². The molecule has 0 unspecified atom stereocenters. The first-order valence-corrected chi connectivity index (χ1v) is 16.8. The second-order valence-corrected chi connectivity index (χ2v) is 12.6. The third kappa shape index (κ3) is 5.32. The van der Waals surface area contributed by atoms with Gasteiger partial charge in [-0.2, -0.15) is 0 Å². The first-order valence-electron chi connectivity index (χ1n) is 16.8. The summed E-state index contributed by atoms with van der Waals surface area (Å²) >= 11 is 0. The molecule has 0 radical (unpaired) electrons. The average Bonchev–Trinajstić information content (AvgIpc) is 3.18. The second-order valence-electron chi connectivity index (χ2n) is 12.6. The van der Waals surface area contributed by atoms with E-state index in [0.29, 0.717) is 0 Å². The summed E-state index contributed by atoms with van der Waals surface area (Å²) in [6.07, 6.45) is 0. The van der Waals surface area contributed by atoms with Crippen LogP contribution in [0.2, 0.25) is 0 Å². The fourth-order valence-electron chi connectivity index (χ4n) is 7.25. The molecule has 9 rings (SSSR count). The Hall–Kier alpha value is -6.44. The highest BCUT2D eigenvalue weighted by molar-refractivity contribution is 6.14. The number of nitrogens with zero attached hydrogens (tertiary/aromatic N) is 1. The molecule has 230 valence electrons. The minimum Gasteiger partial charge on any atom is -0.310 e. The molecule has 9 aromatic carbocycles. The normalized spacial score (nSPS) is 11.3. The van der Waals surface area contributed by atoms with Gasteiger partial charge in [-0.3, -0.25) is 0 Å².